The van der Waals surface area contributed by atoms with Gasteiger partial charge in [0, 0.05) is 56.0 Å². The summed E-state index contributed by atoms with van der Waals surface area (Å²) in [4.78, 5) is 11.2. The highest BCUT2D eigenvalue weighted by Crippen LogP contribution is 2.32. The van der Waals surface area contributed by atoms with E-state index >= 15 is 0 Å². The fraction of sp³-hybridized carbons (Fsp3) is 0.385. The number of thiocarbonyl (C=S) groups is 1. The Morgan fingerprint density at radius 3 is 2.37 bits per heavy atom. The minimum Gasteiger partial charge on any atom is -0.368 e. The first-order valence-electron chi connectivity index (χ1n) is 11.9. The molecule has 0 amide bonds. The molecule has 0 saturated carbocycles. The van der Waals surface area contributed by atoms with Gasteiger partial charge in [0.05, 0.1) is 11.1 Å². The molecule has 184 valence electrons. The lowest BCUT2D eigenvalue weighted by Crippen LogP contribution is -2.50. The standard InChI is InChI=1S/C26H28F3N5S/c1-18-15-24(33-9-2-3-10-33)31-23-8-7-20(17-22(18)23)30-25(35)34-13-11-32(12-14-34)21-6-4-5-19(16-21)26(27,28)29/h4-8,15-17H,2-3,9-14H2,1H3,(H,30,35). The summed E-state index contributed by atoms with van der Waals surface area (Å²) in [6, 6.07) is 13.8. The molecule has 0 bridgehead atoms. The molecule has 3 heterocycles. The van der Waals surface area contributed by atoms with Crippen molar-refractivity contribution in [3.63, 3.8) is 0 Å². The van der Waals surface area contributed by atoms with Crippen LogP contribution in [-0.4, -0.2) is 54.3 Å². The van der Waals surface area contributed by atoms with E-state index in [2.05, 4.69) is 34.2 Å². The summed E-state index contributed by atoms with van der Waals surface area (Å²) in [6.07, 6.45) is -1.91. The maximum Gasteiger partial charge on any atom is 0.416 e. The molecule has 0 radical (unpaired) electrons. The Labute approximate surface area is 208 Å². The van der Waals surface area contributed by atoms with Gasteiger partial charge in [-0.3, -0.25) is 0 Å². The number of piperazine rings is 1. The molecule has 5 nitrogen and oxygen atoms in total. The SMILES string of the molecule is Cc1cc(N2CCCC2)nc2ccc(NC(=S)N3CCN(c4cccc(C(F)(F)F)c4)CC3)cc12. The summed E-state index contributed by atoms with van der Waals surface area (Å²) in [7, 11) is 0. The van der Waals surface area contributed by atoms with Crippen molar-refractivity contribution in [3.05, 3.63) is 59.7 Å². The van der Waals surface area contributed by atoms with Crippen molar-refractivity contribution in [1.82, 2.24) is 9.88 Å². The predicted molar refractivity (Wildman–Crippen MR) is 139 cm³/mol. The van der Waals surface area contributed by atoms with Crippen LogP contribution in [0.25, 0.3) is 10.9 Å². The molecule has 0 spiro atoms. The minimum absolute atomic E-state index is 0.587. The van der Waals surface area contributed by atoms with Gasteiger partial charge in [0.25, 0.3) is 0 Å². The number of alkyl halides is 3. The molecule has 35 heavy (non-hydrogen) atoms. The van der Waals surface area contributed by atoms with E-state index in [0.29, 0.717) is 37.0 Å². The molecule has 3 aromatic rings. The summed E-state index contributed by atoms with van der Waals surface area (Å²) >= 11 is 5.66. The summed E-state index contributed by atoms with van der Waals surface area (Å²) in [6.45, 7) is 6.70. The second-order valence-electron chi connectivity index (χ2n) is 9.18. The third-order valence-corrected chi connectivity index (χ3v) is 7.15. The Morgan fingerprint density at radius 1 is 0.914 bits per heavy atom. The van der Waals surface area contributed by atoms with Gasteiger partial charge in [-0.15, -0.1) is 0 Å². The maximum absolute atomic E-state index is 13.1. The molecule has 2 fully saturated rings. The number of aryl methyl sites for hydroxylation is 1. The van der Waals surface area contributed by atoms with Gasteiger partial charge in [0.1, 0.15) is 5.82 Å². The number of benzene rings is 2. The van der Waals surface area contributed by atoms with Crippen LogP contribution in [0.1, 0.15) is 24.0 Å². The molecule has 0 aliphatic carbocycles. The Hall–Kier alpha value is -3.07. The molecule has 0 unspecified atom stereocenters. The minimum atomic E-state index is -4.34. The number of anilines is 3. The third kappa shape index (κ3) is 5.15. The molecule has 2 aromatic carbocycles. The molecule has 1 N–H and O–H groups in total. The van der Waals surface area contributed by atoms with Crippen molar-refractivity contribution in [2.75, 3.05) is 54.4 Å². The number of nitrogens with one attached hydrogen (secondary N) is 1. The fourth-order valence-corrected chi connectivity index (χ4v) is 5.11. The first-order valence-corrected chi connectivity index (χ1v) is 12.3. The lowest BCUT2D eigenvalue weighted by Gasteiger charge is -2.37. The average molecular weight is 500 g/mol. The van der Waals surface area contributed by atoms with Crippen molar-refractivity contribution in [1.29, 1.82) is 0 Å². The molecule has 9 heteroatoms. The number of rotatable bonds is 3. The van der Waals surface area contributed by atoms with E-state index in [1.165, 1.54) is 30.5 Å². The fourth-order valence-electron chi connectivity index (χ4n) is 4.81. The number of fused-ring (bicyclic) bond motifs is 1. The zero-order valence-corrected chi connectivity index (χ0v) is 20.4. The number of hydrogen-bond donors (Lipinski definition) is 1. The van der Waals surface area contributed by atoms with Crippen LogP contribution >= 0.6 is 12.2 Å². The van der Waals surface area contributed by atoms with Crippen LogP contribution in [0.2, 0.25) is 0 Å². The van der Waals surface area contributed by atoms with Gasteiger partial charge < -0.3 is 20.0 Å². The van der Waals surface area contributed by atoms with E-state index in [9.17, 15) is 13.2 Å². The van der Waals surface area contributed by atoms with E-state index in [-0.39, 0.29) is 0 Å². The highest BCUT2D eigenvalue weighted by Gasteiger charge is 2.31. The number of nitrogens with zero attached hydrogens (tertiary/aromatic N) is 4. The third-order valence-electron chi connectivity index (χ3n) is 6.79. The normalized spacial score (nSPS) is 16.7. The first kappa shape index (κ1) is 23.7. The molecule has 2 aliphatic heterocycles. The van der Waals surface area contributed by atoms with Gasteiger partial charge in [-0.05, 0) is 80.0 Å². The number of hydrogen-bond acceptors (Lipinski definition) is 4. The predicted octanol–water partition coefficient (Wildman–Crippen LogP) is 5.68. The second-order valence-corrected chi connectivity index (χ2v) is 9.56. The van der Waals surface area contributed by atoms with E-state index in [0.717, 1.165) is 41.6 Å². The molecular weight excluding hydrogens is 471 g/mol. The quantitative estimate of drug-likeness (QED) is 0.467. The Bertz CT molecular complexity index is 1230. The number of halogens is 3. The van der Waals surface area contributed by atoms with Crippen molar-refractivity contribution >= 4 is 45.4 Å². The monoisotopic (exact) mass is 499 g/mol. The van der Waals surface area contributed by atoms with Gasteiger partial charge in [-0.25, -0.2) is 4.98 Å². The smallest absolute Gasteiger partial charge is 0.368 e. The maximum atomic E-state index is 13.1. The molecule has 2 saturated heterocycles. The summed E-state index contributed by atoms with van der Waals surface area (Å²) < 4.78 is 39.2. The lowest BCUT2D eigenvalue weighted by atomic mass is 10.1. The largest absolute Gasteiger partial charge is 0.416 e. The molecule has 2 aliphatic rings. The van der Waals surface area contributed by atoms with Crippen molar-refractivity contribution < 1.29 is 13.2 Å². The van der Waals surface area contributed by atoms with Crippen molar-refractivity contribution in [3.8, 4) is 0 Å². The molecule has 5 rings (SSSR count). The van der Waals surface area contributed by atoms with Gasteiger partial charge in [0.15, 0.2) is 5.11 Å². The van der Waals surface area contributed by atoms with E-state index in [4.69, 9.17) is 17.2 Å². The van der Waals surface area contributed by atoms with Gasteiger partial charge in [0.2, 0.25) is 0 Å². The van der Waals surface area contributed by atoms with Crippen LogP contribution in [0, 0.1) is 6.92 Å². The van der Waals surface area contributed by atoms with Crippen LogP contribution in [0.5, 0.6) is 0 Å². The van der Waals surface area contributed by atoms with Crippen molar-refractivity contribution in [2.24, 2.45) is 0 Å². The average Bonchev–Trinajstić information content (AvgIpc) is 3.39. The summed E-state index contributed by atoms with van der Waals surface area (Å²) in [5.74, 6) is 1.04. The van der Waals surface area contributed by atoms with Gasteiger partial charge in [-0.1, -0.05) is 6.07 Å². The Kier molecular flexibility index (Phi) is 6.44. The van der Waals surface area contributed by atoms with Gasteiger partial charge >= 0.3 is 6.18 Å². The van der Waals surface area contributed by atoms with E-state index < -0.39 is 11.7 Å². The second kappa shape index (κ2) is 9.53. The molecule has 1 aromatic heterocycles. The van der Waals surface area contributed by atoms with Gasteiger partial charge in [-0.2, -0.15) is 13.2 Å². The first-order chi connectivity index (χ1) is 16.8. The number of aromatic nitrogens is 1. The molecular formula is C26H28F3N5S. The molecule has 0 atom stereocenters. The highest BCUT2D eigenvalue weighted by atomic mass is 32.1. The van der Waals surface area contributed by atoms with Crippen LogP contribution in [0.4, 0.5) is 30.4 Å². The Morgan fingerprint density at radius 2 is 1.66 bits per heavy atom. The van der Waals surface area contributed by atoms with Crippen LogP contribution in [0.15, 0.2) is 48.5 Å². The topological polar surface area (TPSA) is 34.6 Å². The summed E-state index contributed by atoms with van der Waals surface area (Å²) in [5.41, 5.74) is 3.02. The van der Waals surface area contributed by atoms with E-state index in [1.807, 2.05) is 17.0 Å². The zero-order valence-electron chi connectivity index (χ0n) is 19.6. The van der Waals surface area contributed by atoms with Crippen LogP contribution < -0.4 is 15.1 Å². The Balaban J connectivity index is 1.23. The highest BCUT2D eigenvalue weighted by molar-refractivity contribution is 7.80. The lowest BCUT2D eigenvalue weighted by molar-refractivity contribution is -0.137. The zero-order chi connectivity index (χ0) is 24.6. The van der Waals surface area contributed by atoms with Crippen LogP contribution in [0.3, 0.4) is 0 Å². The van der Waals surface area contributed by atoms with E-state index in [1.54, 1.807) is 6.07 Å². The van der Waals surface area contributed by atoms with Crippen molar-refractivity contribution in [2.45, 2.75) is 25.9 Å². The summed E-state index contributed by atoms with van der Waals surface area (Å²) in [5, 5.41) is 5.05. The number of pyridine rings is 1. The van der Waals surface area contributed by atoms with Crippen LogP contribution in [-0.2, 0) is 6.18 Å².